The largest absolute Gasteiger partial charge is 0.493 e. The Morgan fingerprint density at radius 2 is 1.91 bits per heavy atom. The number of nitrogens with zero attached hydrogens (tertiary/aromatic N) is 2. The number of nitriles is 1. The smallest absolute Gasteiger partial charge is 0.253 e. The monoisotopic (exact) mass is 314 g/mol. The van der Waals surface area contributed by atoms with E-state index in [0.717, 1.165) is 5.56 Å². The SMILES string of the molecule is COc1ccc(CCn2c(O)c(C#N)c(C)cc2=O)cc1OC. The zero-order valence-corrected chi connectivity index (χ0v) is 13.3. The number of aryl methyl sites for hydroxylation is 2. The summed E-state index contributed by atoms with van der Waals surface area (Å²) in [6.45, 7) is 1.88. The molecule has 1 aromatic carbocycles. The molecule has 23 heavy (non-hydrogen) atoms. The number of ether oxygens (including phenoxy) is 2. The van der Waals surface area contributed by atoms with Crippen LogP contribution in [0.25, 0.3) is 0 Å². The average Bonchev–Trinajstić information content (AvgIpc) is 2.54. The van der Waals surface area contributed by atoms with Gasteiger partial charge in [-0.2, -0.15) is 5.26 Å². The van der Waals surface area contributed by atoms with Gasteiger partial charge in [0.15, 0.2) is 11.5 Å². The summed E-state index contributed by atoms with van der Waals surface area (Å²) in [5.74, 6) is 0.930. The molecule has 0 radical (unpaired) electrons. The Bertz CT molecular complexity index is 819. The number of hydrogen-bond donors (Lipinski definition) is 1. The zero-order chi connectivity index (χ0) is 17.0. The van der Waals surface area contributed by atoms with Gasteiger partial charge >= 0.3 is 0 Å². The van der Waals surface area contributed by atoms with Crippen molar-refractivity contribution in [1.29, 1.82) is 5.26 Å². The molecule has 0 aliphatic carbocycles. The van der Waals surface area contributed by atoms with Gasteiger partial charge in [-0.1, -0.05) is 6.07 Å². The summed E-state index contributed by atoms with van der Waals surface area (Å²) in [5.41, 5.74) is 1.18. The third-order valence-electron chi connectivity index (χ3n) is 3.66. The maximum absolute atomic E-state index is 12.0. The number of hydrogen-bond acceptors (Lipinski definition) is 5. The van der Waals surface area contributed by atoms with Crippen LogP contribution in [0, 0.1) is 18.3 Å². The molecule has 0 unspecified atom stereocenters. The molecule has 2 rings (SSSR count). The van der Waals surface area contributed by atoms with E-state index in [1.54, 1.807) is 27.2 Å². The number of methoxy groups -OCH3 is 2. The molecule has 0 aliphatic heterocycles. The van der Waals surface area contributed by atoms with E-state index < -0.39 is 0 Å². The van der Waals surface area contributed by atoms with Gasteiger partial charge in [-0.15, -0.1) is 0 Å². The van der Waals surface area contributed by atoms with Crippen molar-refractivity contribution in [3.8, 4) is 23.4 Å². The Labute approximate surface area is 134 Å². The van der Waals surface area contributed by atoms with Gasteiger partial charge in [0, 0.05) is 12.6 Å². The Morgan fingerprint density at radius 3 is 2.52 bits per heavy atom. The van der Waals surface area contributed by atoms with Gasteiger partial charge in [-0.05, 0) is 36.6 Å². The van der Waals surface area contributed by atoms with Crippen LogP contribution in [0.5, 0.6) is 17.4 Å². The lowest BCUT2D eigenvalue weighted by atomic mass is 10.1. The summed E-state index contributed by atoms with van der Waals surface area (Å²) in [4.78, 5) is 12.0. The quantitative estimate of drug-likeness (QED) is 0.912. The van der Waals surface area contributed by atoms with E-state index in [1.807, 2.05) is 18.2 Å². The molecule has 0 saturated heterocycles. The fraction of sp³-hybridized carbons (Fsp3) is 0.294. The maximum atomic E-state index is 12.0. The van der Waals surface area contributed by atoms with E-state index in [9.17, 15) is 9.90 Å². The Kier molecular flexibility index (Phi) is 4.91. The van der Waals surface area contributed by atoms with Crippen LogP contribution in [0.2, 0.25) is 0 Å². The minimum absolute atomic E-state index is 0.122. The van der Waals surface area contributed by atoms with Gasteiger partial charge in [0.2, 0.25) is 5.88 Å². The predicted octanol–water partition coefficient (Wildman–Crippen LogP) is 1.99. The molecule has 2 aromatic rings. The molecule has 6 heteroatoms. The predicted molar refractivity (Wildman–Crippen MR) is 85.1 cm³/mol. The maximum Gasteiger partial charge on any atom is 0.253 e. The highest BCUT2D eigenvalue weighted by Crippen LogP contribution is 2.28. The second-order valence-corrected chi connectivity index (χ2v) is 5.07. The molecule has 120 valence electrons. The minimum Gasteiger partial charge on any atom is -0.493 e. The van der Waals surface area contributed by atoms with Crippen molar-refractivity contribution in [2.45, 2.75) is 19.9 Å². The number of aromatic nitrogens is 1. The first-order chi connectivity index (χ1) is 11.0. The average molecular weight is 314 g/mol. The summed E-state index contributed by atoms with van der Waals surface area (Å²) in [7, 11) is 3.11. The molecule has 0 spiro atoms. The second-order valence-electron chi connectivity index (χ2n) is 5.07. The lowest BCUT2D eigenvalue weighted by molar-refractivity contribution is 0.354. The van der Waals surface area contributed by atoms with Crippen LogP contribution < -0.4 is 15.0 Å². The first kappa shape index (κ1) is 16.4. The molecule has 1 N–H and O–H groups in total. The highest BCUT2D eigenvalue weighted by Gasteiger charge is 2.13. The molecule has 0 saturated carbocycles. The second kappa shape index (κ2) is 6.88. The van der Waals surface area contributed by atoms with Gasteiger partial charge in [0.1, 0.15) is 11.6 Å². The van der Waals surface area contributed by atoms with Crippen molar-refractivity contribution in [3.05, 3.63) is 51.3 Å². The zero-order valence-electron chi connectivity index (χ0n) is 13.3. The fourth-order valence-corrected chi connectivity index (χ4v) is 2.38. The molecule has 1 heterocycles. The summed E-state index contributed by atoms with van der Waals surface area (Å²) in [5, 5.41) is 19.2. The third-order valence-corrected chi connectivity index (χ3v) is 3.66. The van der Waals surface area contributed by atoms with Crippen LogP contribution in [0.3, 0.4) is 0 Å². The highest BCUT2D eigenvalue weighted by atomic mass is 16.5. The minimum atomic E-state index is -0.334. The van der Waals surface area contributed by atoms with E-state index in [2.05, 4.69) is 0 Å². The standard InChI is InChI=1S/C17H18N2O4/c1-11-8-16(20)19(17(21)13(11)10-18)7-6-12-4-5-14(22-2)15(9-12)23-3/h4-5,8-9,21H,6-7H2,1-3H3. The lowest BCUT2D eigenvalue weighted by Gasteiger charge is -2.12. The van der Waals surface area contributed by atoms with Crippen molar-refractivity contribution < 1.29 is 14.6 Å². The molecule has 0 atom stereocenters. The number of aromatic hydroxyl groups is 1. The van der Waals surface area contributed by atoms with Gasteiger partial charge in [0.05, 0.1) is 14.2 Å². The van der Waals surface area contributed by atoms with Crippen LogP contribution >= 0.6 is 0 Å². The molecule has 0 fully saturated rings. The molecule has 1 aromatic heterocycles. The Morgan fingerprint density at radius 1 is 1.22 bits per heavy atom. The van der Waals surface area contributed by atoms with E-state index in [4.69, 9.17) is 14.7 Å². The van der Waals surface area contributed by atoms with Crippen molar-refractivity contribution in [1.82, 2.24) is 4.57 Å². The van der Waals surface area contributed by atoms with Crippen LogP contribution in [0.4, 0.5) is 0 Å². The van der Waals surface area contributed by atoms with Crippen molar-refractivity contribution in [2.24, 2.45) is 0 Å². The summed E-state index contributed by atoms with van der Waals surface area (Å²) >= 11 is 0. The van der Waals surface area contributed by atoms with Crippen LogP contribution in [-0.4, -0.2) is 23.9 Å². The van der Waals surface area contributed by atoms with E-state index in [1.165, 1.54) is 10.6 Å². The van der Waals surface area contributed by atoms with E-state index in [-0.39, 0.29) is 23.5 Å². The van der Waals surface area contributed by atoms with Gasteiger partial charge in [-0.25, -0.2) is 0 Å². The third kappa shape index (κ3) is 3.29. The number of rotatable bonds is 5. The summed E-state index contributed by atoms with van der Waals surface area (Å²) in [6, 6.07) is 8.74. The van der Waals surface area contributed by atoms with Crippen molar-refractivity contribution in [3.63, 3.8) is 0 Å². The van der Waals surface area contributed by atoms with E-state index >= 15 is 0 Å². The van der Waals surface area contributed by atoms with Crippen molar-refractivity contribution in [2.75, 3.05) is 14.2 Å². The Hall–Kier alpha value is -2.94. The van der Waals surface area contributed by atoms with Crippen LogP contribution in [-0.2, 0) is 13.0 Å². The summed E-state index contributed by atoms with van der Waals surface area (Å²) < 4.78 is 11.6. The van der Waals surface area contributed by atoms with Gasteiger partial charge in [0.25, 0.3) is 5.56 Å². The fourth-order valence-electron chi connectivity index (χ4n) is 2.38. The molecule has 0 amide bonds. The highest BCUT2D eigenvalue weighted by molar-refractivity contribution is 5.44. The normalized spacial score (nSPS) is 10.2. The first-order valence-electron chi connectivity index (χ1n) is 7.06. The lowest BCUT2D eigenvalue weighted by Crippen LogP contribution is -2.21. The van der Waals surface area contributed by atoms with Gasteiger partial charge < -0.3 is 14.6 Å². The Balaban J connectivity index is 2.29. The molecule has 6 nitrogen and oxygen atoms in total. The van der Waals surface area contributed by atoms with Crippen molar-refractivity contribution >= 4 is 0 Å². The summed E-state index contributed by atoms with van der Waals surface area (Å²) in [6.07, 6.45) is 0.502. The van der Waals surface area contributed by atoms with Crippen LogP contribution in [0.1, 0.15) is 16.7 Å². The molecule has 0 aliphatic rings. The molecule has 0 bridgehead atoms. The number of benzene rings is 1. The first-order valence-corrected chi connectivity index (χ1v) is 7.06. The molecular weight excluding hydrogens is 296 g/mol. The molecular formula is C17H18N2O4. The van der Waals surface area contributed by atoms with Gasteiger partial charge in [-0.3, -0.25) is 9.36 Å². The van der Waals surface area contributed by atoms with E-state index in [0.29, 0.717) is 23.5 Å². The number of pyridine rings is 1. The van der Waals surface area contributed by atoms with Crippen LogP contribution in [0.15, 0.2) is 29.1 Å². The topological polar surface area (TPSA) is 84.5 Å².